The molecule has 2 saturated heterocycles. The molecule has 0 aromatic carbocycles. The molecule has 7 rings (SSSR count). The summed E-state index contributed by atoms with van der Waals surface area (Å²) in [5, 5.41) is 0. The van der Waals surface area contributed by atoms with Crippen molar-refractivity contribution in [3.8, 4) is 0 Å². The largest absolute Gasteiger partial charge is 0.393 e. The van der Waals surface area contributed by atoms with Crippen molar-refractivity contribution in [2.24, 2.45) is 71.0 Å². The fraction of sp³-hybridized carbons (Fsp3) is 0.833. The van der Waals surface area contributed by atoms with Crippen molar-refractivity contribution in [1.29, 1.82) is 0 Å². The highest BCUT2D eigenvalue weighted by Gasteiger charge is 2.67. The Kier molecular flexibility index (Phi) is 3.55. The Morgan fingerprint density at radius 2 is 0.667 bits per heavy atom. The smallest absolute Gasteiger partial charge is 0.316 e. The van der Waals surface area contributed by atoms with Gasteiger partial charge in [0.25, 0.3) is 0 Å². The third kappa shape index (κ3) is 2.06. The van der Waals surface area contributed by atoms with Crippen LogP contribution in [0.25, 0.3) is 0 Å². The van der Waals surface area contributed by atoms with Crippen LogP contribution in [0.5, 0.6) is 0 Å². The van der Waals surface area contributed by atoms with E-state index in [4.69, 9.17) is 9.47 Å². The van der Waals surface area contributed by atoms with Gasteiger partial charge in [-0.3, -0.25) is 19.2 Å². The lowest BCUT2D eigenvalue weighted by molar-refractivity contribution is -0.222. The minimum absolute atomic E-state index is 0.104. The second kappa shape index (κ2) is 5.95. The van der Waals surface area contributed by atoms with E-state index in [0.717, 1.165) is 51.4 Å². The first-order valence-electron chi connectivity index (χ1n) is 12.1. The lowest BCUT2D eigenvalue weighted by atomic mass is 9.38. The maximum atomic E-state index is 12.6. The molecule has 7 aliphatic rings. The van der Waals surface area contributed by atoms with Crippen LogP contribution >= 0.6 is 0 Å². The summed E-state index contributed by atoms with van der Waals surface area (Å²) < 4.78 is 10.3. The van der Waals surface area contributed by atoms with Gasteiger partial charge in [-0.2, -0.15) is 0 Å². The van der Waals surface area contributed by atoms with E-state index < -0.39 is 0 Å². The molecule has 2 aliphatic heterocycles. The summed E-state index contributed by atoms with van der Waals surface area (Å²) in [6.07, 6.45) is 7.39. The second-order valence-corrected chi connectivity index (χ2v) is 11.2. The predicted molar refractivity (Wildman–Crippen MR) is 101 cm³/mol. The topological polar surface area (TPSA) is 86.7 Å². The van der Waals surface area contributed by atoms with Crippen molar-refractivity contribution in [2.45, 2.75) is 51.4 Å². The van der Waals surface area contributed by atoms with E-state index in [1.54, 1.807) is 0 Å². The molecule has 5 saturated carbocycles. The minimum atomic E-state index is -0.282. The molecule has 8 unspecified atom stereocenters. The van der Waals surface area contributed by atoms with Crippen molar-refractivity contribution in [3.63, 3.8) is 0 Å². The maximum Gasteiger partial charge on any atom is 0.316 e. The average molecular weight is 412 g/mol. The fourth-order valence-corrected chi connectivity index (χ4v) is 10.0. The molecule has 5 aliphatic carbocycles. The molecule has 0 radical (unpaired) electrons. The number of cyclic esters (lactones) is 4. The van der Waals surface area contributed by atoms with Gasteiger partial charge in [-0.05, 0) is 98.7 Å². The van der Waals surface area contributed by atoms with Crippen molar-refractivity contribution in [3.05, 3.63) is 0 Å². The number of carbonyl (C=O) groups excluding carboxylic acids is 4. The van der Waals surface area contributed by atoms with Gasteiger partial charge in [0.2, 0.25) is 0 Å². The van der Waals surface area contributed by atoms with E-state index in [-0.39, 0.29) is 59.4 Å². The zero-order valence-electron chi connectivity index (χ0n) is 17.0. The van der Waals surface area contributed by atoms with E-state index in [2.05, 4.69) is 0 Å². The number of hydrogen-bond acceptors (Lipinski definition) is 6. The van der Waals surface area contributed by atoms with E-state index in [1.807, 2.05) is 0 Å². The second-order valence-electron chi connectivity index (χ2n) is 11.2. The molecule has 6 heteroatoms. The molecular formula is C24H28O6. The third-order valence-corrected chi connectivity index (χ3v) is 10.7. The highest BCUT2D eigenvalue weighted by molar-refractivity contribution is 5.92. The van der Waals surface area contributed by atoms with Crippen LogP contribution in [0.4, 0.5) is 0 Å². The molecular weight excluding hydrogens is 384 g/mol. The summed E-state index contributed by atoms with van der Waals surface area (Å²) in [6, 6.07) is 0. The van der Waals surface area contributed by atoms with E-state index in [0.29, 0.717) is 35.5 Å². The Hall–Kier alpha value is -1.72. The van der Waals surface area contributed by atoms with Crippen LogP contribution in [0.1, 0.15) is 51.4 Å². The zero-order valence-corrected chi connectivity index (χ0v) is 17.0. The summed E-state index contributed by atoms with van der Waals surface area (Å²) in [7, 11) is 0. The predicted octanol–water partition coefficient (Wildman–Crippen LogP) is 2.74. The lowest BCUT2D eigenvalue weighted by Crippen LogP contribution is -2.65. The average Bonchev–Trinajstić information content (AvgIpc) is 2.74. The molecule has 0 N–H and O–H groups in total. The molecule has 0 aromatic rings. The Morgan fingerprint density at radius 3 is 0.933 bits per heavy atom. The molecule has 30 heavy (non-hydrogen) atoms. The van der Waals surface area contributed by atoms with E-state index in [1.165, 1.54) is 0 Å². The van der Waals surface area contributed by atoms with Crippen LogP contribution in [-0.2, 0) is 28.7 Å². The molecule has 2 heterocycles. The van der Waals surface area contributed by atoms with Crippen molar-refractivity contribution in [1.82, 2.24) is 0 Å². The molecule has 160 valence electrons. The van der Waals surface area contributed by atoms with Crippen LogP contribution in [0.2, 0.25) is 0 Å². The van der Waals surface area contributed by atoms with Crippen molar-refractivity contribution in [2.75, 3.05) is 0 Å². The summed E-state index contributed by atoms with van der Waals surface area (Å²) in [6.45, 7) is 0. The minimum Gasteiger partial charge on any atom is -0.393 e. The summed E-state index contributed by atoms with van der Waals surface area (Å²) in [4.78, 5) is 50.2. The number of ether oxygens (including phenoxy) is 2. The first kappa shape index (κ1) is 17.9. The highest BCUT2D eigenvalue weighted by Crippen LogP contribution is 2.68. The Morgan fingerprint density at radius 1 is 0.400 bits per heavy atom. The van der Waals surface area contributed by atoms with Crippen LogP contribution in [0, 0.1) is 71.0 Å². The quantitative estimate of drug-likeness (QED) is 0.449. The van der Waals surface area contributed by atoms with Crippen LogP contribution in [-0.4, -0.2) is 23.9 Å². The lowest BCUT2D eigenvalue weighted by Gasteiger charge is -2.66. The van der Waals surface area contributed by atoms with Gasteiger partial charge < -0.3 is 9.47 Å². The van der Waals surface area contributed by atoms with Crippen LogP contribution in [0.15, 0.2) is 0 Å². The van der Waals surface area contributed by atoms with Gasteiger partial charge in [0, 0.05) is 0 Å². The van der Waals surface area contributed by atoms with Gasteiger partial charge >= 0.3 is 23.9 Å². The van der Waals surface area contributed by atoms with Gasteiger partial charge in [-0.25, -0.2) is 0 Å². The van der Waals surface area contributed by atoms with Gasteiger partial charge in [0.1, 0.15) is 0 Å². The molecule has 6 nitrogen and oxygen atoms in total. The standard InChI is InChI=1S/C24H28O6/c25-21-13-5-1-9-10-2-6-15-20-16(24(28)30-23(15)27)8-4-12(18(10)20)11-3-7-14(22(26)29-21)19(13)17(9)11/h9-20H,1-8H2. The number of hydrogen-bond donors (Lipinski definition) is 0. The van der Waals surface area contributed by atoms with Crippen molar-refractivity contribution >= 4 is 23.9 Å². The van der Waals surface area contributed by atoms with Gasteiger partial charge in [0.05, 0.1) is 23.7 Å². The van der Waals surface area contributed by atoms with E-state index >= 15 is 0 Å². The fourth-order valence-electron chi connectivity index (χ4n) is 10.0. The van der Waals surface area contributed by atoms with Gasteiger partial charge in [0.15, 0.2) is 0 Å². The van der Waals surface area contributed by atoms with Crippen LogP contribution < -0.4 is 0 Å². The summed E-state index contributed by atoms with van der Waals surface area (Å²) in [5.41, 5.74) is 0. The molecule has 7 fully saturated rings. The SMILES string of the molecule is O=C1OC(=O)C2CCC3C4CCC5C(=O)OC(=O)C6CCC(C7CCC1C2C73)C4C65. The first-order chi connectivity index (χ1) is 14.5. The molecule has 0 spiro atoms. The number of rotatable bonds is 0. The number of esters is 4. The van der Waals surface area contributed by atoms with Gasteiger partial charge in [-0.15, -0.1) is 0 Å². The molecule has 8 atom stereocenters. The molecule has 0 aromatic heterocycles. The Labute approximate surface area is 175 Å². The number of fused-ring (bicyclic) bond motifs is 2. The number of carbonyl (C=O) groups is 4. The normalized spacial score (nSPS) is 55.7. The monoisotopic (exact) mass is 412 g/mol. The zero-order chi connectivity index (χ0) is 20.3. The molecule has 0 bridgehead atoms. The highest BCUT2D eigenvalue weighted by atomic mass is 16.6. The third-order valence-electron chi connectivity index (χ3n) is 10.7. The summed E-state index contributed by atoms with van der Waals surface area (Å²) in [5.74, 6) is 1.72. The maximum absolute atomic E-state index is 12.6. The molecule has 0 amide bonds. The Bertz CT molecular complexity index is 730. The first-order valence-corrected chi connectivity index (χ1v) is 12.1. The Balaban J connectivity index is 1.31. The summed E-state index contributed by atoms with van der Waals surface area (Å²) >= 11 is 0. The van der Waals surface area contributed by atoms with Crippen LogP contribution in [0.3, 0.4) is 0 Å². The van der Waals surface area contributed by atoms with E-state index in [9.17, 15) is 19.2 Å². The van der Waals surface area contributed by atoms with Gasteiger partial charge in [-0.1, -0.05) is 0 Å². The van der Waals surface area contributed by atoms with Crippen molar-refractivity contribution < 1.29 is 28.7 Å².